The molecule has 0 aliphatic carbocycles. The minimum absolute atomic E-state index is 0.321. The van der Waals surface area contributed by atoms with Crippen molar-refractivity contribution in [2.45, 2.75) is 31.4 Å². The summed E-state index contributed by atoms with van der Waals surface area (Å²) in [5.41, 5.74) is 7.81. The van der Waals surface area contributed by atoms with Crippen LogP contribution in [0.1, 0.15) is 34.8 Å². The number of pyridine rings is 1. The Morgan fingerprint density at radius 1 is 1.26 bits per heavy atom. The maximum absolute atomic E-state index is 11.8. The third-order valence-corrected chi connectivity index (χ3v) is 4.87. The Balaban J connectivity index is 2.00. The number of esters is 1. The largest absolute Gasteiger partial charge is 0.481 e. The molecule has 1 heterocycles. The van der Waals surface area contributed by atoms with Crippen LogP contribution < -0.4 is 5.73 Å². The summed E-state index contributed by atoms with van der Waals surface area (Å²) in [6.45, 7) is 2.08. The quantitative estimate of drug-likeness (QED) is 0.451. The third kappa shape index (κ3) is 6.29. The van der Waals surface area contributed by atoms with Gasteiger partial charge in [-0.15, -0.1) is 0 Å². The van der Waals surface area contributed by atoms with Crippen LogP contribution in [-0.2, 0) is 22.4 Å². The summed E-state index contributed by atoms with van der Waals surface area (Å²) in [6.07, 6.45) is 3.11. The fourth-order valence-electron chi connectivity index (χ4n) is 2.78. The molecule has 0 spiro atoms. The van der Waals surface area contributed by atoms with Gasteiger partial charge in [-0.25, -0.2) is 9.78 Å². The van der Waals surface area contributed by atoms with E-state index in [1.807, 2.05) is 6.07 Å². The average Bonchev–Trinajstić information content (AvgIpc) is 2.66. The molecule has 0 aliphatic heterocycles. The van der Waals surface area contributed by atoms with Crippen molar-refractivity contribution < 1.29 is 19.4 Å². The van der Waals surface area contributed by atoms with Gasteiger partial charge in [0.2, 0.25) is 0 Å². The fourth-order valence-corrected chi connectivity index (χ4v) is 3.14. The van der Waals surface area contributed by atoms with Crippen molar-refractivity contribution in [3.63, 3.8) is 0 Å². The topological polar surface area (TPSA) is 103 Å². The molecule has 144 valence electrons. The molecular weight excluding hydrogens is 364 g/mol. The Labute approximate surface area is 164 Å². The number of nitrogens with zero attached hydrogens (tertiary/aromatic N) is 1. The van der Waals surface area contributed by atoms with Crippen LogP contribution in [0.25, 0.3) is 0 Å². The van der Waals surface area contributed by atoms with E-state index in [0.29, 0.717) is 37.3 Å². The molecule has 2 atom stereocenters. The van der Waals surface area contributed by atoms with Crippen molar-refractivity contribution >= 4 is 30.4 Å². The van der Waals surface area contributed by atoms with Gasteiger partial charge in [0.05, 0.1) is 18.1 Å². The highest BCUT2D eigenvalue weighted by Gasteiger charge is 2.26. The van der Waals surface area contributed by atoms with Crippen LogP contribution in [0.2, 0.25) is 0 Å². The molecule has 3 N–H and O–H groups in total. The maximum Gasteiger partial charge on any atom is 0.338 e. The number of aryl methyl sites for hydroxylation is 1. The van der Waals surface area contributed by atoms with E-state index in [4.69, 9.17) is 10.5 Å². The van der Waals surface area contributed by atoms with E-state index < -0.39 is 11.9 Å². The first-order chi connectivity index (χ1) is 12.9. The molecule has 0 fully saturated rings. The molecule has 2 rings (SSSR count). The standard InChI is InChI=1S/C20H24N2O4S/c1-2-26-20(25)15-5-3-4-13(10-15)6-8-17(27)16(19(23)24)11-14-7-9-18(21)22-12-14/h3-5,7,9-10,12,16-17,27H,2,6,8,11H2,1H3,(H2,21,22)(H,23,24). The van der Waals surface area contributed by atoms with Gasteiger partial charge in [-0.1, -0.05) is 18.2 Å². The number of rotatable bonds is 9. The van der Waals surface area contributed by atoms with Gasteiger partial charge in [0, 0.05) is 11.4 Å². The first kappa shape index (κ1) is 20.8. The minimum atomic E-state index is -0.896. The predicted octanol–water partition coefficient (Wildman–Crippen LogP) is 3.01. The molecule has 0 aliphatic rings. The number of aliphatic carboxylic acids is 1. The number of hydrogen-bond donors (Lipinski definition) is 3. The van der Waals surface area contributed by atoms with E-state index in [1.165, 1.54) is 0 Å². The summed E-state index contributed by atoms with van der Waals surface area (Å²) < 4.78 is 5.01. The molecular formula is C20H24N2O4S. The number of carboxylic acids is 1. The van der Waals surface area contributed by atoms with Crippen molar-refractivity contribution in [3.05, 3.63) is 59.3 Å². The van der Waals surface area contributed by atoms with Crippen LogP contribution in [-0.4, -0.2) is 33.9 Å². The molecule has 7 heteroatoms. The second-order valence-electron chi connectivity index (χ2n) is 6.27. The van der Waals surface area contributed by atoms with Crippen LogP contribution in [0.3, 0.4) is 0 Å². The first-order valence-corrected chi connectivity index (χ1v) is 9.29. The van der Waals surface area contributed by atoms with E-state index in [-0.39, 0.29) is 11.2 Å². The van der Waals surface area contributed by atoms with Gasteiger partial charge >= 0.3 is 11.9 Å². The Hall–Kier alpha value is -2.54. The van der Waals surface area contributed by atoms with E-state index in [9.17, 15) is 14.7 Å². The lowest BCUT2D eigenvalue weighted by molar-refractivity contribution is -0.141. The predicted molar refractivity (Wildman–Crippen MR) is 107 cm³/mol. The molecule has 0 amide bonds. The summed E-state index contributed by atoms with van der Waals surface area (Å²) in [7, 11) is 0. The zero-order valence-corrected chi connectivity index (χ0v) is 16.1. The lowest BCUT2D eigenvalue weighted by atomic mass is 9.93. The lowest BCUT2D eigenvalue weighted by Gasteiger charge is -2.19. The number of aromatic nitrogens is 1. The van der Waals surface area contributed by atoms with E-state index in [1.54, 1.807) is 43.5 Å². The van der Waals surface area contributed by atoms with Gasteiger partial charge in [0.15, 0.2) is 0 Å². The Bertz CT molecular complexity index is 780. The molecule has 0 saturated heterocycles. The molecule has 2 unspecified atom stereocenters. The number of carbonyl (C=O) groups is 2. The van der Waals surface area contributed by atoms with Gasteiger partial charge in [0.1, 0.15) is 5.82 Å². The van der Waals surface area contributed by atoms with Crippen LogP contribution in [0.5, 0.6) is 0 Å². The molecule has 0 radical (unpaired) electrons. The van der Waals surface area contributed by atoms with E-state index >= 15 is 0 Å². The second-order valence-corrected chi connectivity index (χ2v) is 6.93. The number of nitrogen functional groups attached to an aromatic ring is 1. The number of carboxylic acid groups (broad SMARTS) is 1. The van der Waals surface area contributed by atoms with Gasteiger partial charge in [0.25, 0.3) is 0 Å². The van der Waals surface area contributed by atoms with Crippen LogP contribution in [0, 0.1) is 5.92 Å². The molecule has 0 bridgehead atoms. The van der Waals surface area contributed by atoms with Crippen molar-refractivity contribution in [3.8, 4) is 0 Å². The number of anilines is 1. The number of carbonyl (C=O) groups excluding carboxylic acids is 1. The zero-order chi connectivity index (χ0) is 19.8. The number of ether oxygens (including phenoxy) is 1. The molecule has 2 aromatic rings. The van der Waals surface area contributed by atoms with E-state index in [2.05, 4.69) is 17.6 Å². The molecule has 6 nitrogen and oxygen atoms in total. The van der Waals surface area contributed by atoms with Crippen LogP contribution in [0.15, 0.2) is 42.6 Å². The summed E-state index contributed by atoms with van der Waals surface area (Å²) in [5, 5.41) is 9.24. The monoisotopic (exact) mass is 388 g/mol. The number of hydrogen-bond acceptors (Lipinski definition) is 6. The van der Waals surface area contributed by atoms with E-state index in [0.717, 1.165) is 11.1 Å². The Morgan fingerprint density at radius 2 is 2.04 bits per heavy atom. The van der Waals surface area contributed by atoms with Crippen molar-refractivity contribution in [2.24, 2.45) is 5.92 Å². The maximum atomic E-state index is 11.8. The summed E-state index contributed by atoms with van der Waals surface area (Å²) in [4.78, 5) is 27.5. The van der Waals surface area contributed by atoms with Crippen molar-refractivity contribution in [2.75, 3.05) is 12.3 Å². The van der Waals surface area contributed by atoms with Crippen molar-refractivity contribution in [1.29, 1.82) is 0 Å². The highest BCUT2D eigenvalue weighted by molar-refractivity contribution is 7.81. The molecule has 0 saturated carbocycles. The lowest BCUT2D eigenvalue weighted by Crippen LogP contribution is -2.27. The number of benzene rings is 1. The smallest absolute Gasteiger partial charge is 0.338 e. The average molecular weight is 388 g/mol. The SMILES string of the molecule is CCOC(=O)c1cccc(CCC(S)C(Cc2ccc(N)nc2)C(=O)O)c1. The molecule has 1 aromatic carbocycles. The first-order valence-electron chi connectivity index (χ1n) is 8.78. The molecule has 1 aromatic heterocycles. The number of thiol groups is 1. The highest BCUT2D eigenvalue weighted by atomic mass is 32.1. The fraction of sp³-hybridized carbons (Fsp3) is 0.350. The third-order valence-electron chi connectivity index (χ3n) is 4.25. The Morgan fingerprint density at radius 3 is 2.67 bits per heavy atom. The van der Waals surface area contributed by atoms with Gasteiger partial charge in [-0.2, -0.15) is 12.6 Å². The normalized spacial score (nSPS) is 13.0. The van der Waals surface area contributed by atoms with Crippen molar-refractivity contribution in [1.82, 2.24) is 4.98 Å². The minimum Gasteiger partial charge on any atom is -0.481 e. The highest BCUT2D eigenvalue weighted by Crippen LogP contribution is 2.22. The summed E-state index contributed by atoms with van der Waals surface area (Å²) >= 11 is 4.53. The summed E-state index contributed by atoms with van der Waals surface area (Å²) in [6, 6.07) is 10.6. The van der Waals surface area contributed by atoms with Gasteiger partial charge in [-0.3, -0.25) is 4.79 Å². The molecule has 27 heavy (non-hydrogen) atoms. The van der Waals surface area contributed by atoms with Crippen LogP contribution in [0.4, 0.5) is 5.82 Å². The summed E-state index contributed by atoms with van der Waals surface area (Å²) in [5.74, 6) is -1.50. The van der Waals surface area contributed by atoms with Gasteiger partial charge < -0.3 is 15.6 Å². The zero-order valence-electron chi connectivity index (χ0n) is 15.2. The number of nitrogens with two attached hydrogens (primary N) is 1. The second kappa shape index (κ2) is 9.97. The van der Waals surface area contributed by atoms with Crippen LogP contribution >= 0.6 is 12.6 Å². The Kier molecular flexibility index (Phi) is 7.67. The van der Waals surface area contributed by atoms with Gasteiger partial charge in [-0.05, 0) is 55.5 Å².